The van der Waals surface area contributed by atoms with Crippen LogP contribution < -0.4 is 0 Å². The summed E-state index contributed by atoms with van der Waals surface area (Å²) in [4.78, 5) is 4.28. The lowest BCUT2D eigenvalue weighted by Gasteiger charge is -2.09. The maximum atomic E-state index is 12.8. The molecule has 0 saturated carbocycles. The van der Waals surface area contributed by atoms with E-state index in [0.29, 0.717) is 22.6 Å². The van der Waals surface area contributed by atoms with E-state index in [1.807, 2.05) is 0 Å². The van der Waals surface area contributed by atoms with Gasteiger partial charge in [-0.05, 0) is 31.2 Å². The summed E-state index contributed by atoms with van der Waals surface area (Å²) >= 11 is 5.85. The molecule has 3 nitrogen and oxygen atoms in total. The predicted octanol–water partition coefficient (Wildman–Crippen LogP) is 4.38. The van der Waals surface area contributed by atoms with Gasteiger partial charge in [-0.25, -0.2) is 9.50 Å². The van der Waals surface area contributed by atoms with Gasteiger partial charge in [0.1, 0.15) is 5.15 Å². The number of imidazole rings is 1. The van der Waals surface area contributed by atoms with Crippen molar-refractivity contribution in [3.63, 3.8) is 0 Å². The van der Waals surface area contributed by atoms with Crippen molar-refractivity contribution in [2.75, 3.05) is 0 Å². The Bertz CT molecular complexity index is 824. The summed E-state index contributed by atoms with van der Waals surface area (Å²) in [5.41, 5.74) is 1.30. The molecule has 108 valence electrons. The molecule has 0 aliphatic carbocycles. The number of rotatable bonds is 1. The third-order valence-electron chi connectivity index (χ3n) is 3.08. The minimum Gasteiger partial charge on any atom is -0.232 e. The van der Waals surface area contributed by atoms with Gasteiger partial charge in [-0.1, -0.05) is 23.7 Å². The third kappa shape index (κ3) is 2.47. The van der Waals surface area contributed by atoms with E-state index in [1.165, 1.54) is 10.6 Å². The molecule has 1 aromatic carbocycles. The third-order valence-corrected chi connectivity index (χ3v) is 3.28. The molecule has 0 aliphatic rings. The summed E-state index contributed by atoms with van der Waals surface area (Å²) in [6.07, 6.45) is -4.39. The molecular formula is C14H9ClF3N3. The number of alkyl halides is 3. The van der Waals surface area contributed by atoms with Gasteiger partial charge in [-0.15, -0.1) is 0 Å². The average molecular weight is 312 g/mol. The summed E-state index contributed by atoms with van der Waals surface area (Å²) in [6, 6.07) is 8.32. The largest absolute Gasteiger partial charge is 0.416 e. The Hall–Kier alpha value is -2.08. The Morgan fingerprint density at radius 1 is 1.14 bits per heavy atom. The van der Waals surface area contributed by atoms with E-state index in [4.69, 9.17) is 11.6 Å². The van der Waals surface area contributed by atoms with Crippen molar-refractivity contribution in [2.24, 2.45) is 0 Å². The van der Waals surface area contributed by atoms with E-state index in [9.17, 15) is 13.2 Å². The molecule has 0 atom stereocenters. The quantitative estimate of drug-likeness (QED) is 0.667. The lowest BCUT2D eigenvalue weighted by molar-refractivity contribution is -0.137. The summed E-state index contributed by atoms with van der Waals surface area (Å²) < 4.78 is 39.9. The average Bonchev–Trinajstić information content (AvgIpc) is 2.73. The molecule has 2 heterocycles. The van der Waals surface area contributed by atoms with E-state index < -0.39 is 11.7 Å². The van der Waals surface area contributed by atoms with Gasteiger partial charge in [0, 0.05) is 5.56 Å². The molecule has 0 aliphatic heterocycles. The highest BCUT2D eigenvalue weighted by Gasteiger charge is 2.30. The fourth-order valence-electron chi connectivity index (χ4n) is 2.20. The van der Waals surface area contributed by atoms with Crippen molar-refractivity contribution in [2.45, 2.75) is 13.1 Å². The number of nitrogens with zero attached hydrogens (tertiary/aromatic N) is 3. The first kappa shape index (κ1) is 13.9. The molecule has 3 aromatic rings. The molecule has 0 radical (unpaired) electrons. The van der Waals surface area contributed by atoms with Crippen molar-refractivity contribution in [3.05, 3.63) is 52.8 Å². The van der Waals surface area contributed by atoms with Gasteiger partial charge in [0.25, 0.3) is 0 Å². The fourth-order valence-corrected chi connectivity index (χ4v) is 2.33. The van der Waals surface area contributed by atoms with Crippen LogP contribution >= 0.6 is 11.6 Å². The van der Waals surface area contributed by atoms with Crippen LogP contribution in [0.4, 0.5) is 13.2 Å². The van der Waals surface area contributed by atoms with Crippen LogP contribution in [0.15, 0.2) is 36.4 Å². The smallest absolute Gasteiger partial charge is 0.232 e. The Morgan fingerprint density at radius 3 is 2.62 bits per heavy atom. The molecule has 0 saturated heterocycles. The summed E-state index contributed by atoms with van der Waals surface area (Å²) in [5, 5.41) is 4.35. The van der Waals surface area contributed by atoms with Crippen LogP contribution in [-0.2, 0) is 6.18 Å². The summed E-state index contributed by atoms with van der Waals surface area (Å²) in [5.74, 6) is 0. The van der Waals surface area contributed by atoms with Crippen molar-refractivity contribution < 1.29 is 13.2 Å². The molecule has 0 unspecified atom stereocenters. The van der Waals surface area contributed by atoms with Crippen molar-refractivity contribution in [1.82, 2.24) is 14.6 Å². The van der Waals surface area contributed by atoms with Gasteiger partial charge < -0.3 is 0 Å². The number of fused-ring (bicyclic) bond motifs is 1. The zero-order valence-electron chi connectivity index (χ0n) is 10.8. The standard InChI is InChI=1S/C14H9ClF3N3/c1-8-13(21-12(19-8)6-5-11(15)20-21)9-3-2-4-10(7-9)14(16,17)18/h2-7H,1H3. The molecule has 3 rings (SSSR count). The van der Waals surface area contributed by atoms with E-state index in [1.54, 1.807) is 25.1 Å². The maximum absolute atomic E-state index is 12.8. The Labute approximate surface area is 123 Å². The minimum atomic E-state index is -4.39. The number of hydrogen-bond acceptors (Lipinski definition) is 2. The first-order valence-corrected chi connectivity index (χ1v) is 6.43. The molecule has 0 fully saturated rings. The molecule has 0 bridgehead atoms. The second-order valence-electron chi connectivity index (χ2n) is 4.55. The van der Waals surface area contributed by atoms with Crippen LogP contribution in [0.25, 0.3) is 16.9 Å². The van der Waals surface area contributed by atoms with E-state index in [0.717, 1.165) is 12.1 Å². The molecular weight excluding hydrogens is 303 g/mol. The van der Waals surface area contributed by atoms with E-state index in [-0.39, 0.29) is 5.15 Å². The second-order valence-corrected chi connectivity index (χ2v) is 4.94. The van der Waals surface area contributed by atoms with Gasteiger partial charge in [0.05, 0.1) is 17.0 Å². The molecule has 21 heavy (non-hydrogen) atoms. The van der Waals surface area contributed by atoms with Crippen molar-refractivity contribution in [3.8, 4) is 11.3 Å². The number of benzene rings is 1. The fraction of sp³-hybridized carbons (Fsp3) is 0.143. The number of hydrogen-bond donors (Lipinski definition) is 0. The first-order valence-electron chi connectivity index (χ1n) is 6.06. The number of halogens is 4. The summed E-state index contributed by atoms with van der Waals surface area (Å²) in [6.45, 7) is 1.72. The highest BCUT2D eigenvalue weighted by Crippen LogP contribution is 2.33. The molecule has 0 N–H and O–H groups in total. The van der Waals surface area contributed by atoms with Gasteiger partial charge in [0.15, 0.2) is 5.65 Å². The summed E-state index contributed by atoms with van der Waals surface area (Å²) in [7, 11) is 0. The molecule has 7 heteroatoms. The van der Waals surface area contributed by atoms with Crippen molar-refractivity contribution >= 4 is 17.2 Å². The zero-order chi connectivity index (χ0) is 15.2. The highest BCUT2D eigenvalue weighted by atomic mass is 35.5. The van der Waals surface area contributed by atoms with Crippen LogP contribution in [0.5, 0.6) is 0 Å². The van der Waals surface area contributed by atoms with Crippen LogP contribution in [0, 0.1) is 6.92 Å². The predicted molar refractivity (Wildman–Crippen MR) is 73.2 cm³/mol. The minimum absolute atomic E-state index is 0.244. The van der Waals surface area contributed by atoms with Gasteiger partial charge in [-0.3, -0.25) is 0 Å². The highest BCUT2D eigenvalue weighted by molar-refractivity contribution is 6.29. The first-order chi connectivity index (χ1) is 9.86. The van der Waals surface area contributed by atoms with Gasteiger partial charge >= 0.3 is 6.18 Å². The normalized spacial score (nSPS) is 12.0. The Kier molecular flexibility index (Phi) is 3.13. The van der Waals surface area contributed by atoms with Crippen LogP contribution in [0.3, 0.4) is 0 Å². The lowest BCUT2D eigenvalue weighted by atomic mass is 10.1. The van der Waals surface area contributed by atoms with E-state index in [2.05, 4.69) is 10.1 Å². The zero-order valence-corrected chi connectivity index (χ0v) is 11.6. The topological polar surface area (TPSA) is 30.2 Å². The van der Waals surface area contributed by atoms with Crippen molar-refractivity contribution in [1.29, 1.82) is 0 Å². The van der Waals surface area contributed by atoms with Crippen LogP contribution in [0.2, 0.25) is 5.15 Å². The molecule has 0 spiro atoms. The van der Waals surface area contributed by atoms with E-state index >= 15 is 0 Å². The molecule has 0 amide bonds. The Morgan fingerprint density at radius 2 is 1.90 bits per heavy atom. The number of aromatic nitrogens is 3. The monoisotopic (exact) mass is 311 g/mol. The molecule has 2 aromatic heterocycles. The van der Waals surface area contributed by atoms with Gasteiger partial charge in [-0.2, -0.15) is 18.3 Å². The lowest BCUT2D eigenvalue weighted by Crippen LogP contribution is -2.05. The number of aryl methyl sites for hydroxylation is 1. The van der Waals surface area contributed by atoms with Crippen LogP contribution in [-0.4, -0.2) is 14.6 Å². The second kappa shape index (κ2) is 4.73. The van der Waals surface area contributed by atoms with Gasteiger partial charge in [0.2, 0.25) is 0 Å². The Balaban J connectivity index is 2.25. The SMILES string of the molecule is Cc1nc2ccc(Cl)nn2c1-c1cccc(C(F)(F)F)c1. The maximum Gasteiger partial charge on any atom is 0.416 e. The van der Waals surface area contributed by atoms with Crippen LogP contribution in [0.1, 0.15) is 11.3 Å².